The monoisotopic (exact) mass is 270 g/mol. The Labute approximate surface area is 110 Å². The highest BCUT2D eigenvalue weighted by atomic mass is 35.5. The SMILES string of the molecule is CC(C)(CC(=O)O)c1cc(Cl)cc2c1OCOC2. The van der Waals surface area contributed by atoms with Crippen LogP contribution >= 0.6 is 11.6 Å². The molecule has 98 valence electrons. The van der Waals surface area contributed by atoms with Gasteiger partial charge < -0.3 is 14.6 Å². The maximum absolute atomic E-state index is 10.9. The molecule has 5 heteroatoms. The fourth-order valence-corrected chi connectivity index (χ4v) is 2.40. The van der Waals surface area contributed by atoms with E-state index in [-0.39, 0.29) is 13.2 Å². The van der Waals surface area contributed by atoms with Crippen LogP contribution in [0.5, 0.6) is 5.75 Å². The van der Waals surface area contributed by atoms with Crippen molar-refractivity contribution in [2.45, 2.75) is 32.3 Å². The summed E-state index contributed by atoms with van der Waals surface area (Å²) < 4.78 is 10.7. The second kappa shape index (κ2) is 4.78. The van der Waals surface area contributed by atoms with Crippen LogP contribution in [0.1, 0.15) is 31.4 Å². The van der Waals surface area contributed by atoms with Crippen molar-refractivity contribution in [3.8, 4) is 5.75 Å². The molecule has 2 rings (SSSR count). The number of ether oxygens (including phenoxy) is 2. The molecule has 0 spiro atoms. The van der Waals surface area contributed by atoms with E-state index in [9.17, 15) is 4.79 Å². The van der Waals surface area contributed by atoms with Crippen LogP contribution in [0.4, 0.5) is 0 Å². The zero-order valence-electron chi connectivity index (χ0n) is 10.3. The second-order valence-corrected chi connectivity index (χ2v) is 5.44. The summed E-state index contributed by atoms with van der Waals surface area (Å²) in [6.07, 6.45) is 0.0179. The predicted octanol–water partition coefficient (Wildman–Crippen LogP) is 2.96. The highest BCUT2D eigenvalue weighted by Crippen LogP contribution is 2.40. The predicted molar refractivity (Wildman–Crippen MR) is 67.0 cm³/mol. The van der Waals surface area contributed by atoms with Crippen LogP contribution in [0.2, 0.25) is 5.02 Å². The van der Waals surface area contributed by atoms with Crippen molar-refractivity contribution in [1.29, 1.82) is 0 Å². The van der Waals surface area contributed by atoms with Gasteiger partial charge in [0.15, 0.2) is 6.79 Å². The molecule has 0 fully saturated rings. The van der Waals surface area contributed by atoms with Crippen LogP contribution in [0, 0.1) is 0 Å². The van der Waals surface area contributed by atoms with Gasteiger partial charge in [0.05, 0.1) is 13.0 Å². The molecule has 0 saturated carbocycles. The molecule has 0 saturated heterocycles. The summed E-state index contributed by atoms with van der Waals surface area (Å²) in [5.74, 6) is -0.141. The Kier molecular flexibility index (Phi) is 3.50. The summed E-state index contributed by atoms with van der Waals surface area (Å²) in [6, 6.07) is 3.56. The smallest absolute Gasteiger partial charge is 0.304 e. The number of aliphatic carboxylic acids is 1. The molecule has 0 aromatic heterocycles. The van der Waals surface area contributed by atoms with Crippen LogP contribution < -0.4 is 4.74 Å². The molecular weight excluding hydrogens is 256 g/mol. The van der Waals surface area contributed by atoms with E-state index in [1.165, 1.54) is 0 Å². The van der Waals surface area contributed by atoms with Crippen LogP contribution in [0.3, 0.4) is 0 Å². The average Bonchev–Trinajstić information content (AvgIpc) is 2.26. The largest absolute Gasteiger partial charge is 0.481 e. The quantitative estimate of drug-likeness (QED) is 0.917. The van der Waals surface area contributed by atoms with E-state index in [4.69, 9.17) is 26.2 Å². The molecule has 0 amide bonds. The van der Waals surface area contributed by atoms with E-state index in [2.05, 4.69) is 0 Å². The number of rotatable bonds is 3. The van der Waals surface area contributed by atoms with Crippen molar-refractivity contribution in [3.05, 3.63) is 28.3 Å². The maximum atomic E-state index is 10.9. The van der Waals surface area contributed by atoms with Crippen molar-refractivity contribution < 1.29 is 19.4 Å². The molecule has 0 radical (unpaired) electrons. The first kappa shape index (κ1) is 13.2. The first-order valence-corrected chi connectivity index (χ1v) is 6.03. The van der Waals surface area contributed by atoms with Gasteiger partial charge in [-0.25, -0.2) is 0 Å². The summed E-state index contributed by atoms with van der Waals surface area (Å²) in [5.41, 5.74) is 1.14. The van der Waals surface area contributed by atoms with Gasteiger partial charge >= 0.3 is 5.97 Å². The van der Waals surface area contributed by atoms with E-state index in [0.29, 0.717) is 17.4 Å². The Morgan fingerprint density at radius 3 is 2.89 bits per heavy atom. The van der Waals surface area contributed by atoms with Gasteiger partial charge in [0.1, 0.15) is 5.75 Å². The van der Waals surface area contributed by atoms with Gasteiger partial charge in [0.25, 0.3) is 0 Å². The van der Waals surface area contributed by atoms with Gasteiger partial charge in [0, 0.05) is 21.6 Å². The lowest BCUT2D eigenvalue weighted by Gasteiger charge is -2.29. The van der Waals surface area contributed by atoms with Crippen molar-refractivity contribution in [3.63, 3.8) is 0 Å². The summed E-state index contributed by atoms with van der Waals surface area (Å²) in [4.78, 5) is 10.9. The third-order valence-electron chi connectivity index (χ3n) is 3.00. The fourth-order valence-electron chi connectivity index (χ4n) is 2.16. The molecule has 1 heterocycles. The fraction of sp³-hybridized carbons (Fsp3) is 0.462. The van der Waals surface area contributed by atoms with Gasteiger partial charge in [-0.3, -0.25) is 4.79 Å². The molecule has 0 atom stereocenters. The van der Waals surface area contributed by atoms with Crippen molar-refractivity contribution in [2.24, 2.45) is 0 Å². The van der Waals surface area contributed by atoms with Gasteiger partial charge in [-0.05, 0) is 12.1 Å². The molecule has 0 bridgehead atoms. The summed E-state index contributed by atoms with van der Waals surface area (Å²) >= 11 is 6.07. The summed E-state index contributed by atoms with van der Waals surface area (Å²) in [5, 5.41) is 9.55. The number of halogens is 1. The first-order chi connectivity index (χ1) is 8.40. The summed E-state index contributed by atoms with van der Waals surface area (Å²) in [7, 11) is 0. The minimum atomic E-state index is -0.846. The Morgan fingerprint density at radius 2 is 2.22 bits per heavy atom. The molecule has 1 aliphatic rings. The van der Waals surface area contributed by atoms with Gasteiger partial charge in [0.2, 0.25) is 0 Å². The molecule has 18 heavy (non-hydrogen) atoms. The van der Waals surface area contributed by atoms with E-state index >= 15 is 0 Å². The van der Waals surface area contributed by atoms with E-state index in [1.54, 1.807) is 12.1 Å². The lowest BCUT2D eigenvalue weighted by atomic mass is 9.80. The Hall–Kier alpha value is -1.26. The lowest BCUT2D eigenvalue weighted by Crippen LogP contribution is -2.25. The molecule has 4 nitrogen and oxygen atoms in total. The highest BCUT2D eigenvalue weighted by Gasteiger charge is 2.30. The maximum Gasteiger partial charge on any atom is 0.304 e. The molecular formula is C13H15ClO4. The number of fused-ring (bicyclic) bond motifs is 1. The Balaban J connectivity index is 2.49. The molecule has 1 N–H and O–H groups in total. The van der Waals surface area contributed by atoms with Crippen molar-refractivity contribution in [2.75, 3.05) is 6.79 Å². The van der Waals surface area contributed by atoms with Gasteiger partial charge in [-0.15, -0.1) is 0 Å². The number of carboxylic acids is 1. The highest BCUT2D eigenvalue weighted by molar-refractivity contribution is 6.30. The van der Waals surface area contributed by atoms with Crippen molar-refractivity contribution in [1.82, 2.24) is 0 Å². The second-order valence-electron chi connectivity index (χ2n) is 5.01. The standard InChI is InChI=1S/C13H15ClO4/c1-13(2,5-11(15)16)10-4-9(14)3-8-6-17-7-18-12(8)10/h3-4H,5-7H2,1-2H3,(H,15,16). The summed E-state index contributed by atoms with van der Waals surface area (Å²) in [6.45, 7) is 4.36. The molecule has 0 unspecified atom stereocenters. The number of hydrogen-bond donors (Lipinski definition) is 1. The van der Waals surface area contributed by atoms with Crippen LogP contribution in [-0.4, -0.2) is 17.9 Å². The van der Waals surface area contributed by atoms with E-state index in [0.717, 1.165) is 11.1 Å². The number of carbonyl (C=O) groups is 1. The average molecular weight is 271 g/mol. The van der Waals surface area contributed by atoms with Crippen LogP contribution in [-0.2, 0) is 21.6 Å². The number of benzene rings is 1. The Morgan fingerprint density at radius 1 is 1.50 bits per heavy atom. The van der Waals surface area contributed by atoms with Crippen molar-refractivity contribution >= 4 is 17.6 Å². The topological polar surface area (TPSA) is 55.8 Å². The minimum absolute atomic E-state index is 0.0179. The normalized spacial score (nSPS) is 14.8. The van der Waals surface area contributed by atoms with Gasteiger partial charge in [-0.1, -0.05) is 25.4 Å². The zero-order chi connectivity index (χ0) is 13.3. The molecule has 1 aliphatic heterocycles. The van der Waals surface area contributed by atoms with Gasteiger partial charge in [-0.2, -0.15) is 0 Å². The zero-order valence-corrected chi connectivity index (χ0v) is 11.1. The number of hydrogen-bond acceptors (Lipinski definition) is 3. The first-order valence-electron chi connectivity index (χ1n) is 5.65. The number of carboxylic acid groups (broad SMARTS) is 1. The third-order valence-corrected chi connectivity index (χ3v) is 3.22. The molecule has 1 aromatic rings. The van der Waals surface area contributed by atoms with Crippen LogP contribution in [0.15, 0.2) is 12.1 Å². The van der Waals surface area contributed by atoms with E-state index < -0.39 is 11.4 Å². The van der Waals surface area contributed by atoms with Crippen LogP contribution in [0.25, 0.3) is 0 Å². The third kappa shape index (κ3) is 2.60. The Bertz CT molecular complexity index is 482. The molecule has 0 aliphatic carbocycles. The lowest BCUT2D eigenvalue weighted by molar-refractivity contribution is -0.138. The minimum Gasteiger partial charge on any atom is -0.481 e. The van der Waals surface area contributed by atoms with E-state index in [1.807, 2.05) is 13.8 Å². The molecule has 1 aromatic carbocycles.